The number of carbonyl (C=O) groups is 1. The fourth-order valence-corrected chi connectivity index (χ4v) is 1.77. The normalized spacial score (nSPS) is 10.4. The Balaban J connectivity index is 2.26. The summed E-state index contributed by atoms with van der Waals surface area (Å²) in [5.74, 6) is -0.135. The predicted octanol–water partition coefficient (Wildman–Crippen LogP) is 3.11. The summed E-state index contributed by atoms with van der Waals surface area (Å²) in [6.45, 7) is 4.79. The van der Waals surface area contributed by atoms with Crippen molar-refractivity contribution < 1.29 is 9.53 Å². The van der Waals surface area contributed by atoms with Gasteiger partial charge in [0.2, 0.25) is 5.91 Å². The van der Waals surface area contributed by atoms with Crippen LogP contribution in [0.3, 0.4) is 0 Å². The molecular formula is C15H24N2O2. The van der Waals surface area contributed by atoms with E-state index in [1.807, 2.05) is 25.1 Å². The lowest BCUT2D eigenvalue weighted by Crippen LogP contribution is -2.19. The second-order valence-electron chi connectivity index (χ2n) is 4.68. The number of unbranched alkanes of at least 4 members (excludes halogenated alkanes) is 3. The third kappa shape index (κ3) is 5.75. The summed E-state index contributed by atoms with van der Waals surface area (Å²) in [6, 6.07) is 5.48. The number of hydrogen-bond acceptors (Lipinski definition) is 3. The fraction of sp³-hybridized carbons (Fsp3) is 0.533. The summed E-state index contributed by atoms with van der Waals surface area (Å²) in [5.41, 5.74) is 8.10. The molecular weight excluding hydrogens is 240 g/mol. The molecule has 1 aromatic carbocycles. The average Bonchev–Trinajstić information content (AvgIpc) is 2.39. The van der Waals surface area contributed by atoms with E-state index < -0.39 is 0 Å². The molecule has 4 heteroatoms. The van der Waals surface area contributed by atoms with Gasteiger partial charge in [0.1, 0.15) is 6.61 Å². The van der Waals surface area contributed by atoms with Gasteiger partial charge >= 0.3 is 0 Å². The Bertz CT molecular complexity index is 405. The number of nitrogens with one attached hydrogen (secondary N) is 1. The molecule has 0 bridgehead atoms. The summed E-state index contributed by atoms with van der Waals surface area (Å²) >= 11 is 0. The summed E-state index contributed by atoms with van der Waals surface area (Å²) in [7, 11) is 0. The standard InChI is InChI=1S/C15H24N2O2/c1-3-4-5-6-10-19-11-15(18)17-14-9-7-8-13(16)12(14)2/h7-9H,3-6,10-11,16H2,1-2H3,(H,17,18). The van der Waals surface area contributed by atoms with Gasteiger partial charge in [0.05, 0.1) is 0 Å². The minimum Gasteiger partial charge on any atom is -0.398 e. The maximum atomic E-state index is 11.7. The predicted molar refractivity (Wildman–Crippen MR) is 79.2 cm³/mol. The highest BCUT2D eigenvalue weighted by molar-refractivity contribution is 5.93. The van der Waals surface area contributed by atoms with Crippen LogP contribution < -0.4 is 11.1 Å². The largest absolute Gasteiger partial charge is 0.398 e. The Morgan fingerprint density at radius 1 is 1.32 bits per heavy atom. The molecule has 1 aromatic rings. The zero-order valence-electron chi connectivity index (χ0n) is 11.9. The van der Waals surface area contributed by atoms with Gasteiger partial charge < -0.3 is 15.8 Å². The Kier molecular flexibility index (Phi) is 6.97. The molecule has 0 atom stereocenters. The first-order valence-corrected chi connectivity index (χ1v) is 6.87. The molecule has 0 unspecified atom stereocenters. The Morgan fingerprint density at radius 3 is 2.84 bits per heavy atom. The second-order valence-corrected chi connectivity index (χ2v) is 4.68. The van der Waals surface area contributed by atoms with Gasteiger partial charge in [0, 0.05) is 18.0 Å². The molecule has 0 aliphatic rings. The van der Waals surface area contributed by atoms with Crippen molar-refractivity contribution in [2.24, 2.45) is 0 Å². The molecule has 0 saturated heterocycles. The van der Waals surface area contributed by atoms with Crippen molar-refractivity contribution in [2.75, 3.05) is 24.3 Å². The van der Waals surface area contributed by atoms with Crippen LogP contribution in [0.1, 0.15) is 38.2 Å². The summed E-state index contributed by atoms with van der Waals surface area (Å²) in [4.78, 5) is 11.7. The molecule has 0 aromatic heterocycles. The van der Waals surface area contributed by atoms with Crippen LogP contribution >= 0.6 is 0 Å². The maximum Gasteiger partial charge on any atom is 0.250 e. The van der Waals surface area contributed by atoms with Crippen LogP contribution in [0, 0.1) is 6.92 Å². The third-order valence-corrected chi connectivity index (χ3v) is 3.03. The van der Waals surface area contributed by atoms with Crippen molar-refractivity contribution in [2.45, 2.75) is 39.5 Å². The minimum atomic E-state index is -0.135. The highest BCUT2D eigenvalue weighted by atomic mass is 16.5. The zero-order chi connectivity index (χ0) is 14.1. The molecule has 0 radical (unpaired) electrons. The van der Waals surface area contributed by atoms with Crippen LogP contribution in [-0.2, 0) is 9.53 Å². The quantitative estimate of drug-likeness (QED) is 0.560. The molecule has 0 spiro atoms. The highest BCUT2D eigenvalue weighted by Crippen LogP contribution is 2.20. The van der Waals surface area contributed by atoms with Gasteiger partial charge in [-0.3, -0.25) is 4.79 Å². The third-order valence-electron chi connectivity index (χ3n) is 3.03. The summed E-state index contributed by atoms with van der Waals surface area (Å²) in [5, 5.41) is 2.81. The molecule has 4 nitrogen and oxygen atoms in total. The van der Waals surface area contributed by atoms with Gasteiger partial charge in [-0.25, -0.2) is 0 Å². The molecule has 3 N–H and O–H groups in total. The van der Waals surface area contributed by atoms with Crippen molar-refractivity contribution in [3.63, 3.8) is 0 Å². The number of hydrogen-bond donors (Lipinski definition) is 2. The zero-order valence-corrected chi connectivity index (χ0v) is 11.9. The van der Waals surface area contributed by atoms with Gasteiger partial charge in [0.25, 0.3) is 0 Å². The first-order valence-electron chi connectivity index (χ1n) is 6.87. The Labute approximate surface area is 115 Å². The maximum absolute atomic E-state index is 11.7. The Hall–Kier alpha value is -1.55. The molecule has 1 rings (SSSR count). The van der Waals surface area contributed by atoms with E-state index in [2.05, 4.69) is 12.2 Å². The lowest BCUT2D eigenvalue weighted by atomic mass is 10.1. The van der Waals surface area contributed by atoms with Gasteiger partial charge in [-0.15, -0.1) is 0 Å². The molecule has 0 saturated carbocycles. The SMILES string of the molecule is CCCCCCOCC(=O)Nc1cccc(N)c1C. The minimum absolute atomic E-state index is 0.0976. The van der Waals surface area contributed by atoms with E-state index in [1.165, 1.54) is 12.8 Å². The summed E-state index contributed by atoms with van der Waals surface area (Å²) < 4.78 is 5.34. The van der Waals surface area contributed by atoms with Crippen LogP contribution in [0.2, 0.25) is 0 Å². The molecule has 0 aliphatic heterocycles. The number of rotatable bonds is 8. The number of nitrogen functional groups attached to an aromatic ring is 1. The van der Waals surface area contributed by atoms with Gasteiger partial charge in [-0.2, -0.15) is 0 Å². The topological polar surface area (TPSA) is 64.3 Å². The van der Waals surface area contributed by atoms with Gasteiger partial charge in [0.15, 0.2) is 0 Å². The van der Waals surface area contributed by atoms with E-state index in [0.717, 1.165) is 24.1 Å². The van der Waals surface area contributed by atoms with Crippen LogP contribution in [0.4, 0.5) is 11.4 Å². The molecule has 0 fully saturated rings. The van der Waals surface area contributed by atoms with Crippen LogP contribution in [0.15, 0.2) is 18.2 Å². The number of amides is 1. The van der Waals surface area contributed by atoms with Crippen molar-refractivity contribution in [1.82, 2.24) is 0 Å². The number of ether oxygens (including phenoxy) is 1. The van der Waals surface area contributed by atoms with E-state index in [0.29, 0.717) is 12.3 Å². The number of nitrogens with two attached hydrogens (primary N) is 1. The van der Waals surface area contributed by atoms with Crippen molar-refractivity contribution in [1.29, 1.82) is 0 Å². The van der Waals surface area contributed by atoms with E-state index >= 15 is 0 Å². The van der Waals surface area contributed by atoms with Gasteiger partial charge in [-0.1, -0.05) is 32.3 Å². The Morgan fingerprint density at radius 2 is 2.11 bits per heavy atom. The van der Waals surface area contributed by atoms with Crippen LogP contribution in [-0.4, -0.2) is 19.1 Å². The van der Waals surface area contributed by atoms with E-state index in [9.17, 15) is 4.79 Å². The van der Waals surface area contributed by atoms with Crippen LogP contribution in [0.5, 0.6) is 0 Å². The second kappa shape index (κ2) is 8.53. The first-order chi connectivity index (χ1) is 9.15. The number of carbonyl (C=O) groups excluding carboxylic acids is 1. The lowest BCUT2D eigenvalue weighted by Gasteiger charge is -2.10. The van der Waals surface area contributed by atoms with Crippen molar-refractivity contribution in [3.05, 3.63) is 23.8 Å². The molecule has 0 aliphatic carbocycles. The monoisotopic (exact) mass is 264 g/mol. The van der Waals surface area contributed by atoms with E-state index in [4.69, 9.17) is 10.5 Å². The van der Waals surface area contributed by atoms with Crippen LogP contribution in [0.25, 0.3) is 0 Å². The van der Waals surface area contributed by atoms with E-state index in [1.54, 1.807) is 0 Å². The smallest absolute Gasteiger partial charge is 0.250 e. The fourth-order valence-electron chi connectivity index (χ4n) is 1.77. The number of benzene rings is 1. The van der Waals surface area contributed by atoms with E-state index in [-0.39, 0.29) is 12.5 Å². The lowest BCUT2D eigenvalue weighted by molar-refractivity contribution is -0.120. The molecule has 19 heavy (non-hydrogen) atoms. The highest BCUT2D eigenvalue weighted by Gasteiger charge is 2.06. The first kappa shape index (κ1) is 15.5. The van der Waals surface area contributed by atoms with Gasteiger partial charge in [-0.05, 0) is 31.0 Å². The van der Waals surface area contributed by atoms with Crippen molar-refractivity contribution >= 4 is 17.3 Å². The van der Waals surface area contributed by atoms with Crippen molar-refractivity contribution in [3.8, 4) is 0 Å². The molecule has 106 valence electrons. The number of anilines is 2. The molecule has 1 amide bonds. The molecule has 0 heterocycles. The summed E-state index contributed by atoms with van der Waals surface area (Å²) in [6.07, 6.45) is 4.60. The average molecular weight is 264 g/mol.